The van der Waals surface area contributed by atoms with Gasteiger partial charge in [-0.1, -0.05) is 11.6 Å². The number of hydrogen-bond acceptors (Lipinski definition) is 5. The fourth-order valence-corrected chi connectivity index (χ4v) is 3.78. The molecule has 164 valence electrons. The van der Waals surface area contributed by atoms with E-state index < -0.39 is 34.3 Å². The number of pyridine rings is 1. The Kier molecular flexibility index (Phi) is 5.51. The number of ether oxygens (including phenoxy) is 1. The van der Waals surface area contributed by atoms with Crippen molar-refractivity contribution in [1.82, 2.24) is 15.2 Å². The molecule has 11 heteroatoms. The van der Waals surface area contributed by atoms with Crippen LogP contribution in [0.2, 0.25) is 5.15 Å². The van der Waals surface area contributed by atoms with Crippen LogP contribution in [0.5, 0.6) is 0 Å². The number of piperidine rings is 1. The predicted molar refractivity (Wildman–Crippen MR) is 103 cm³/mol. The van der Waals surface area contributed by atoms with Crippen molar-refractivity contribution in [2.75, 3.05) is 6.54 Å². The van der Waals surface area contributed by atoms with Gasteiger partial charge in [0.2, 0.25) is 0 Å². The molecule has 0 saturated carbocycles. The molecule has 2 amide bonds. The lowest BCUT2D eigenvalue weighted by atomic mass is 9.84. The third-order valence-electron chi connectivity index (χ3n) is 4.93. The first-order valence-electron chi connectivity index (χ1n) is 9.37. The summed E-state index contributed by atoms with van der Waals surface area (Å²) in [6, 6.07) is 1.59. The molecule has 1 fully saturated rings. The molecule has 30 heavy (non-hydrogen) atoms. The molecule has 2 aliphatic rings. The number of alkyl halides is 3. The van der Waals surface area contributed by atoms with Crippen LogP contribution in [0.4, 0.5) is 18.0 Å². The smallest absolute Gasteiger partial charge is 0.433 e. The van der Waals surface area contributed by atoms with E-state index in [4.69, 9.17) is 16.3 Å². The molecule has 0 radical (unpaired) electrons. The molecule has 0 unspecified atom stereocenters. The Balaban J connectivity index is 1.82. The number of halogens is 4. The normalized spacial score (nSPS) is 24.7. The highest BCUT2D eigenvalue weighted by Gasteiger charge is 2.49. The molecule has 0 bridgehead atoms. The van der Waals surface area contributed by atoms with Crippen molar-refractivity contribution >= 4 is 29.4 Å². The Labute approximate surface area is 176 Å². The lowest BCUT2D eigenvalue weighted by Gasteiger charge is -2.40. The maximum absolute atomic E-state index is 12.8. The summed E-state index contributed by atoms with van der Waals surface area (Å²) >= 11 is 5.93. The van der Waals surface area contributed by atoms with E-state index in [0.717, 1.165) is 12.1 Å². The maximum atomic E-state index is 12.8. The Hall–Kier alpha value is -2.36. The van der Waals surface area contributed by atoms with Crippen molar-refractivity contribution in [2.24, 2.45) is 4.99 Å². The van der Waals surface area contributed by atoms with E-state index in [0.29, 0.717) is 0 Å². The predicted octanol–water partition coefficient (Wildman–Crippen LogP) is 3.79. The number of aromatic nitrogens is 1. The van der Waals surface area contributed by atoms with Gasteiger partial charge < -0.3 is 15.0 Å². The van der Waals surface area contributed by atoms with Crippen LogP contribution in [0.1, 0.15) is 51.8 Å². The summed E-state index contributed by atoms with van der Waals surface area (Å²) in [7, 11) is 0. The molecule has 1 N–H and O–H groups in total. The Morgan fingerprint density at radius 1 is 1.33 bits per heavy atom. The van der Waals surface area contributed by atoms with Crippen LogP contribution >= 0.6 is 11.6 Å². The van der Waals surface area contributed by atoms with Crippen molar-refractivity contribution in [3.63, 3.8) is 0 Å². The number of nitrogens with zero attached hydrogens (tertiary/aromatic N) is 3. The molecule has 7 nitrogen and oxygen atoms in total. The zero-order valence-corrected chi connectivity index (χ0v) is 17.7. The van der Waals surface area contributed by atoms with E-state index in [-0.39, 0.29) is 42.7 Å². The van der Waals surface area contributed by atoms with Crippen LogP contribution in [0.25, 0.3) is 0 Å². The van der Waals surface area contributed by atoms with Gasteiger partial charge in [-0.15, -0.1) is 0 Å². The number of carbonyl (C=O) groups is 2. The molecule has 3 rings (SSSR count). The van der Waals surface area contributed by atoms with Crippen LogP contribution in [-0.4, -0.2) is 51.4 Å². The highest BCUT2D eigenvalue weighted by atomic mass is 35.5. The second-order valence-corrected chi connectivity index (χ2v) is 8.81. The number of likely N-dealkylation sites (tertiary alicyclic amines) is 1. The van der Waals surface area contributed by atoms with Crippen molar-refractivity contribution in [3.8, 4) is 0 Å². The van der Waals surface area contributed by atoms with Gasteiger partial charge in [-0.2, -0.15) is 13.2 Å². The minimum Gasteiger partial charge on any atom is -0.444 e. The molecule has 2 aliphatic heterocycles. The third-order valence-corrected chi connectivity index (χ3v) is 5.22. The summed E-state index contributed by atoms with van der Waals surface area (Å²) in [6.07, 6.45) is -4.61. The number of amidine groups is 1. The van der Waals surface area contributed by atoms with E-state index in [9.17, 15) is 22.8 Å². The monoisotopic (exact) mass is 446 g/mol. The van der Waals surface area contributed by atoms with Gasteiger partial charge in [0.1, 0.15) is 27.8 Å². The Morgan fingerprint density at radius 2 is 2.00 bits per heavy atom. The first kappa shape index (κ1) is 22.3. The van der Waals surface area contributed by atoms with Gasteiger partial charge in [0.05, 0.1) is 5.56 Å². The Bertz CT molecular complexity index is 913. The number of nitrogens with one attached hydrogen (secondary N) is 1. The van der Waals surface area contributed by atoms with Crippen LogP contribution < -0.4 is 5.32 Å². The lowest BCUT2D eigenvalue weighted by molar-refractivity contribution is -0.141. The summed E-state index contributed by atoms with van der Waals surface area (Å²) in [5.74, 6) is -0.312. The summed E-state index contributed by atoms with van der Waals surface area (Å²) in [6.45, 7) is 7.34. The molecule has 0 aromatic carbocycles. The maximum Gasteiger partial charge on any atom is 0.433 e. The van der Waals surface area contributed by atoms with Crippen LogP contribution in [0.3, 0.4) is 0 Å². The molecule has 1 spiro atoms. The molecule has 1 saturated heterocycles. The van der Waals surface area contributed by atoms with E-state index >= 15 is 0 Å². The van der Waals surface area contributed by atoms with E-state index in [2.05, 4.69) is 15.3 Å². The van der Waals surface area contributed by atoms with Crippen LogP contribution in [0, 0.1) is 0 Å². The SMILES string of the molecule is C[C@H]1C[C@@]2(CCN1C(=O)OC(C)(C)C)N=C(c1ccc(C(F)(F)F)nc1Cl)NC2=O. The fraction of sp³-hybridized carbons (Fsp3) is 0.579. The zero-order valence-electron chi connectivity index (χ0n) is 16.9. The number of amides is 2. The van der Waals surface area contributed by atoms with E-state index in [1.54, 1.807) is 32.6 Å². The fourth-order valence-electron chi connectivity index (χ4n) is 3.54. The number of rotatable bonds is 1. The largest absolute Gasteiger partial charge is 0.444 e. The molecule has 2 atom stereocenters. The molecular weight excluding hydrogens is 425 g/mol. The standard InChI is InChI=1S/C19H22ClF3N4O3/c1-10-9-18(7-8-27(10)16(29)30-17(2,3)4)15(28)25-14(26-18)11-5-6-12(19(21,22)23)24-13(11)20/h5-6,10H,7-9H2,1-4H3,(H,25,26,28)/t10-,18+/m0/s1. The average Bonchev–Trinajstić information content (AvgIpc) is 2.88. The van der Waals surface area contributed by atoms with Crippen molar-refractivity contribution in [1.29, 1.82) is 0 Å². The van der Waals surface area contributed by atoms with Gasteiger partial charge in [0.15, 0.2) is 0 Å². The summed E-state index contributed by atoms with van der Waals surface area (Å²) in [5.41, 5.74) is -2.79. The quantitative estimate of drug-likeness (QED) is 0.665. The van der Waals surface area contributed by atoms with Gasteiger partial charge in [-0.25, -0.2) is 9.78 Å². The van der Waals surface area contributed by atoms with Gasteiger partial charge in [-0.05, 0) is 46.2 Å². The minimum atomic E-state index is -4.63. The number of carbonyl (C=O) groups excluding carboxylic acids is 2. The van der Waals surface area contributed by atoms with Crippen molar-refractivity contribution in [2.45, 2.75) is 63.9 Å². The molecule has 1 aromatic heterocycles. The molecule has 1 aromatic rings. The van der Waals surface area contributed by atoms with Gasteiger partial charge in [-0.3, -0.25) is 9.79 Å². The summed E-state index contributed by atoms with van der Waals surface area (Å²) in [4.78, 5) is 34.5. The topological polar surface area (TPSA) is 83.9 Å². The lowest BCUT2D eigenvalue weighted by Crippen LogP contribution is -2.55. The van der Waals surface area contributed by atoms with Crippen molar-refractivity contribution < 1.29 is 27.5 Å². The van der Waals surface area contributed by atoms with Gasteiger partial charge >= 0.3 is 12.3 Å². The highest BCUT2D eigenvalue weighted by molar-refractivity contribution is 6.34. The number of aliphatic imine (C=N–C) groups is 1. The molecule has 0 aliphatic carbocycles. The van der Waals surface area contributed by atoms with E-state index in [1.807, 2.05) is 0 Å². The first-order valence-corrected chi connectivity index (χ1v) is 9.75. The second-order valence-electron chi connectivity index (χ2n) is 8.46. The van der Waals surface area contributed by atoms with Gasteiger partial charge in [0.25, 0.3) is 5.91 Å². The number of hydrogen-bond donors (Lipinski definition) is 1. The highest BCUT2D eigenvalue weighted by Crippen LogP contribution is 2.36. The summed E-state index contributed by atoms with van der Waals surface area (Å²) < 4.78 is 43.8. The second kappa shape index (κ2) is 7.40. The zero-order chi connectivity index (χ0) is 22.5. The average molecular weight is 447 g/mol. The summed E-state index contributed by atoms with van der Waals surface area (Å²) in [5, 5.41) is 2.20. The molecular formula is C19H22ClF3N4O3. The van der Waals surface area contributed by atoms with E-state index in [1.165, 1.54) is 0 Å². The molecule has 3 heterocycles. The first-order chi connectivity index (χ1) is 13.7. The Morgan fingerprint density at radius 3 is 2.53 bits per heavy atom. The van der Waals surface area contributed by atoms with Crippen molar-refractivity contribution in [3.05, 3.63) is 28.5 Å². The third kappa shape index (κ3) is 4.38. The van der Waals surface area contributed by atoms with Gasteiger partial charge in [0, 0.05) is 19.0 Å². The van der Waals surface area contributed by atoms with Crippen LogP contribution in [0.15, 0.2) is 17.1 Å². The minimum absolute atomic E-state index is 0.0733. The van der Waals surface area contributed by atoms with Crippen LogP contribution in [-0.2, 0) is 15.7 Å².